The minimum Gasteiger partial charge on any atom is -0.463 e. The van der Waals surface area contributed by atoms with E-state index in [1.807, 2.05) is 31.2 Å². The molecule has 1 unspecified atom stereocenters. The number of carbonyl (C=O) groups is 1. The Morgan fingerprint density at radius 1 is 1.56 bits per heavy atom. The van der Waals surface area contributed by atoms with Crippen molar-refractivity contribution in [2.24, 2.45) is 0 Å². The zero-order chi connectivity index (χ0) is 12.0. The molecule has 1 aromatic rings. The van der Waals surface area contributed by atoms with Crippen molar-refractivity contribution < 1.29 is 14.6 Å². The van der Waals surface area contributed by atoms with Gasteiger partial charge < -0.3 is 9.84 Å². The summed E-state index contributed by atoms with van der Waals surface area (Å²) >= 11 is 0. The smallest absolute Gasteiger partial charge is 0.330 e. The Morgan fingerprint density at radius 2 is 2.31 bits per heavy atom. The van der Waals surface area contributed by atoms with E-state index in [1.54, 1.807) is 6.92 Å². The van der Waals surface area contributed by atoms with E-state index in [1.165, 1.54) is 12.2 Å². The molecule has 1 rings (SSSR count). The standard InChI is InChI=1S/C13H16O3/c1-3-16-13(15)8-7-12(14)11-6-4-5-10(2)9-11/h4-9,12,14H,3H2,1-2H3/b8-7+. The van der Waals surface area contributed by atoms with Crippen LogP contribution in [-0.4, -0.2) is 17.7 Å². The number of aliphatic hydroxyl groups is 1. The molecule has 0 aromatic heterocycles. The van der Waals surface area contributed by atoms with Gasteiger partial charge >= 0.3 is 5.97 Å². The second-order valence-corrected chi connectivity index (χ2v) is 3.47. The van der Waals surface area contributed by atoms with Crippen LogP contribution in [0.1, 0.15) is 24.2 Å². The van der Waals surface area contributed by atoms with E-state index in [0.717, 1.165) is 11.1 Å². The second-order valence-electron chi connectivity index (χ2n) is 3.47. The van der Waals surface area contributed by atoms with Crippen LogP contribution in [-0.2, 0) is 9.53 Å². The summed E-state index contributed by atoms with van der Waals surface area (Å²) in [5.74, 6) is -0.436. The van der Waals surface area contributed by atoms with E-state index in [-0.39, 0.29) is 0 Å². The number of hydrogen-bond acceptors (Lipinski definition) is 3. The Kier molecular flexibility index (Phi) is 4.73. The lowest BCUT2D eigenvalue weighted by Crippen LogP contribution is -2.01. The first-order valence-electron chi connectivity index (χ1n) is 5.23. The van der Waals surface area contributed by atoms with Crippen molar-refractivity contribution in [3.63, 3.8) is 0 Å². The van der Waals surface area contributed by atoms with Crippen molar-refractivity contribution in [2.75, 3.05) is 6.61 Å². The number of esters is 1. The molecule has 1 atom stereocenters. The van der Waals surface area contributed by atoms with E-state index < -0.39 is 12.1 Å². The molecule has 1 N–H and O–H groups in total. The van der Waals surface area contributed by atoms with Crippen LogP contribution in [0, 0.1) is 6.92 Å². The van der Waals surface area contributed by atoms with Gasteiger partial charge in [0.05, 0.1) is 12.7 Å². The van der Waals surface area contributed by atoms with Gasteiger partial charge in [-0.3, -0.25) is 0 Å². The number of benzene rings is 1. The number of carbonyl (C=O) groups excluding carboxylic acids is 1. The summed E-state index contributed by atoms with van der Waals surface area (Å²) in [5.41, 5.74) is 1.83. The Bertz CT molecular complexity index is 383. The summed E-state index contributed by atoms with van der Waals surface area (Å²) in [6, 6.07) is 7.50. The summed E-state index contributed by atoms with van der Waals surface area (Å²) in [7, 11) is 0. The van der Waals surface area contributed by atoms with Gasteiger partial charge in [-0.1, -0.05) is 29.8 Å². The van der Waals surface area contributed by atoms with Gasteiger partial charge in [0.15, 0.2) is 0 Å². The lowest BCUT2D eigenvalue weighted by atomic mass is 10.1. The average molecular weight is 220 g/mol. The molecule has 0 bridgehead atoms. The van der Waals surface area contributed by atoms with Crippen molar-refractivity contribution in [1.82, 2.24) is 0 Å². The van der Waals surface area contributed by atoms with Crippen LogP contribution < -0.4 is 0 Å². The predicted molar refractivity (Wildman–Crippen MR) is 61.9 cm³/mol. The third kappa shape index (κ3) is 3.87. The fourth-order valence-corrected chi connectivity index (χ4v) is 1.33. The molecule has 0 aliphatic heterocycles. The van der Waals surface area contributed by atoms with Crippen molar-refractivity contribution >= 4 is 5.97 Å². The minimum absolute atomic E-state index is 0.337. The Balaban J connectivity index is 2.65. The molecule has 3 heteroatoms. The molecule has 0 spiro atoms. The van der Waals surface area contributed by atoms with Crippen LogP contribution in [0.5, 0.6) is 0 Å². The average Bonchev–Trinajstić information content (AvgIpc) is 2.26. The van der Waals surface area contributed by atoms with Gasteiger partial charge in [0, 0.05) is 6.08 Å². The van der Waals surface area contributed by atoms with E-state index in [2.05, 4.69) is 0 Å². The molecule has 16 heavy (non-hydrogen) atoms. The van der Waals surface area contributed by atoms with Gasteiger partial charge in [0.1, 0.15) is 0 Å². The van der Waals surface area contributed by atoms with Crippen LogP contribution in [0.25, 0.3) is 0 Å². The number of hydrogen-bond donors (Lipinski definition) is 1. The predicted octanol–water partition coefficient (Wildman–Crippen LogP) is 2.15. The highest BCUT2D eigenvalue weighted by molar-refractivity contribution is 5.81. The monoisotopic (exact) mass is 220 g/mol. The lowest BCUT2D eigenvalue weighted by Gasteiger charge is -2.06. The van der Waals surface area contributed by atoms with Crippen LogP contribution in [0.2, 0.25) is 0 Å². The first-order valence-corrected chi connectivity index (χ1v) is 5.23. The van der Waals surface area contributed by atoms with E-state index >= 15 is 0 Å². The number of rotatable bonds is 4. The van der Waals surface area contributed by atoms with E-state index in [0.29, 0.717) is 6.61 Å². The van der Waals surface area contributed by atoms with Gasteiger partial charge in [-0.15, -0.1) is 0 Å². The highest BCUT2D eigenvalue weighted by Crippen LogP contribution is 2.15. The van der Waals surface area contributed by atoms with Crippen LogP contribution in [0.15, 0.2) is 36.4 Å². The molecule has 86 valence electrons. The van der Waals surface area contributed by atoms with Gasteiger partial charge in [-0.2, -0.15) is 0 Å². The molecule has 0 saturated heterocycles. The maximum Gasteiger partial charge on any atom is 0.330 e. The number of ether oxygens (including phenoxy) is 1. The molecule has 3 nitrogen and oxygen atoms in total. The Morgan fingerprint density at radius 3 is 2.94 bits per heavy atom. The zero-order valence-electron chi connectivity index (χ0n) is 9.51. The van der Waals surface area contributed by atoms with Crippen molar-refractivity contribution in [1.29, 1.82) is 0 Å². The maximum atomic E-state index is 11.0. The Hall–Kier alpha value is -1.61. The van der Waals surface area contributed by atoms with Crippen molar-refractivity contribution in [3.8, 4) is 0 Å². The molecule has 0 radical (unpaired) electrons. The number of aliphatic hydroxyl groups excluding tert-OH is 1. The minimum atomic E-state index is -0.774. The molecule has 0 aliphatic carbocycles. The molecule has 1 aromatic carbocycles. The molecule has 0 aliphatic rings. The van der Waals surface area contributed by atoms with E-state index in [9.17, 15) is 9.90 Å². The number of aryl methyl sites for hydroxylation is 1. The van der Waals surface area contributed by atoms with Gasteiger partial charge in [0.25, 0.3) is 0 Å². The largest absolute Gasteiger partial charge is 0.463 e. The van der Waals surface area contributed by atoms with Crippen LogP contribution >= 0.6 is 0 Å². The van der Waals surface area contributed by atoms with E-state index in [4.69, 9.17) is 4.74 Å². The lowest BCUT2D eigenvalue weighted by molar-refractivity contribution is -0.137. The summed E-state index contributed by atoms with van der Waals surface area (Å²) in [4.78, 5) is 11.0. The highest BCUT2D eigenvalue weighted by Gasteiger charge is 2.04. The molecule has 0 fully saturated rings. The molecular weight excluding hydrogens is 204 g/mol. The van der Waals surface area contributed by atoms with Gasteiger partial charge in [-0.25, -0.2) is 4.79 Å². The van der Waals surface area contributed by atoms with Gasteiger partial charge in [0.2, 0.25) is 0 Å². The highest BCUT2D eigenvalue weighted by atomic mass is 16.5. The quantitative estimate of drug-likeness (QED) is 0.624. The maximum absolute atomic E-state index is 11.0. The summed E-state index contributed by atoms with van der Waals surface area (Å²) in [6.07, 6.45) is 1.90. The summed E-state index contributed by atoms with van der Waals surface area (Å²) in [5, 5.41) is 9.77. The molecule has 0 amide bonds. The first kappa shape index (κ1) is 12.5. The van der Waals surface area contributed by atoms with Gasteiger partial charge in [-0.05, 0) is 25.5 Å². The zero-order valence-corrected chi connectivity index (χ0v) is 9.51. The molecule has 0 saturated carbocycles. The molecule has 0 heterocycles. The van der Waals surface area contributed by atoms with Crippen LogP contribution in [0.4, 0.5) is 0 Å². The Labute approximate surface area is 95.4 Å². The third-order valence-corrected chi connectivity index (χ3v) is 2.08. The second kappa shape index (κ2) is 6.08. The summed E-state index contributed by atoms with van der Waals surface area (Å²) < 4.78 is 4.72. The van der Waals surface area contributed by atoms with Crippen LogP contribution in [0.3, 0.4) is 0 Å². The van der Waals surface area contributed by atoms with Crippen molar-refractivity contribution in [3.05, 3.63) is 47.5 Å². The third-order valence-electron chi connectivity index (χ3n) is 2.08. The normalized spacial score (nSPS) is 12.7. The molecular formula is C13H16O3. The topological polar surface area (TPSA) is 46.5 Å². The fourth-order valence-electron chi connectivity index (χ4n) is 1.33. The van der Waals surface area contributed by atoms with Crippen molar-refractivity contribution in [2.45, 2.75) is 20.0 Å². The first-order chi connectivity index (χ1) is 7.63. The summed E-state index contributed by atoms with van der Waals surface area (Å²) in [6.45, 7) is 4.03. The fraction of sp³-hybridized carbons (Fsp3) is 0.308. The SMILES string of the molecule is CCOC(=O)/C=C/C(O)c1cccc(C)c1.